The van der Waals surface area contributed by atoms with Gasteiger partial charge in [0.05, 0.1) is 18.2 Å². The maximum Gasteiger partial charge on any atom is 0.110 e. The van der Waals surface area contributed by atoms with Crippen LogP contribution in [0.25, 0.3) is 0 Å². The van der Waals surface area contributed by atoms with Crippen molar-refractivity contribution in [1.82, 2.24) is 9.55 Å². The molecule has 0 aromatic carbocycles. The quantitative estimate of drug-likeness (QED) is 0.683. The number of rotatable bonds is 3. The number of hydrogen-bond acceptors (Lipinski definition) is 3. The first-order valence-corrected chi connectivity index (χ1v) is 4.10. The van der Waals surface area contributed by atoms with Gasteiger partial charge in [-0.1, -0.05) is 0 Å². The maximum atomic E-state index is 9.61. The van der Waals surface area contributed by atoms with Crippen LogP contribution in [0.2, 0.25) is 0 Å². The van der Waals surface area contributed by atoms with Gasteiger partial charge in [0.25, 0.3) is 0 Å². The lowest BCUT2D eigenvalue weighted by molar-refractivity contribution is 0.144. The highest BCUT2D eigenvalue weighted by molar-refractivity contribution is 5.04. The lowest BCUT2D eigenvalue weighted by Crippen LogP contribution is -2.26. The van der Waals surface area contributed by atoms with Crippen LogP contribution < -0.4 is 5.73 Å². The third kappa shape index (κ3) is 1.65. The van der Waals surface area contributed by atoms with Crippen LogP contribution in [0.5, 0.6) is 0 Å². The smallest absolute Gasteiger partial charge is 0.110 e. The first-order valence-electron chi connectivity index (χ1n) is 4.10. The molecule has 0 saturated heterocycles. The molecule has 1 aromatic rings. The zero-order chi connectivity index (χ0) is 9.14. The summed E-state index contributed by atoms with van der Waals surface area (Å²) in [4.78, 5) is 3.94. The number of imidazole rings is 1. The fourth-order valence-electron chi connectivity index (χ4n) is 1.11. The van der Waals surface area contributed by atoms with Crippen LogP contribution in [0.4, 0.5) is 0 Å². The standard InChI is InChI=1S/C8H15N3O/c1-3-11-5-10-4-7(11)8(12)6(2)9/h4-6,8,12H,3,9H2,1-2H3. The molecule has 0 aliphatic rings. The summed E-state index contributed by atoms with van der Waals surface area (Å²) >= 11 is 0. The fourth-order valence-corrected chi connectivity index (χ4v) is 1.11. The highest BCUT2D eigenvalue weighted by Gasteiger charge is 2.15. The molecular weight excluding hydrogens is 154 g/mol. The second-order valence-electron chi connectivity index (χ2n) is 2.91. The number of aromatic nitrogens is 2. The molecule has 0 bridgehead atoms. The molecule has 12 heavy (non-hydrogen) atoms. The predicted octanol–water partition coefficient (Wildman–Crippen LogP) is 0.284. The second-order valence-corrected chi connectivity index (χ2v) is 2.91. The van der Waals surface area contributed by atoms with Crippen molar-refractivity contribution in [3.05, 3.63) is 18.2 Å². The molecule has 3 N–H and O–H groups in total. The Morgan fingerprint density at radius 1 is 1.75 bits per heavy atom. The third-order valence-electron chi connectivity index (χ3n) is 1.89. The number of hydrogen-bond donors (Lipinski definition) is 2. The first kappa shape index (κ1) is 9.22. The van der Waals surface area contributed by atoms with E-state index in [1.54, 1.807) is 19.4 Å². The first-order chi connectivity index (χ1) is 5.66. The van der Waals surface area contributed by atoms with Crippen molar-refractivity contribution >= 4 is 0 Å². The maximum absolute atomic E-state index is 9.61. The van der Waals surface area contributed by atoms with E-state index in [1.165, 1.54) is 0 Å². The van der Waals surface area contributed by atoms with E-state index >= 15 is 0 Å². The van der Waals surface area contributed by atoms with Gasteiger partial charge >= 0.3 is 0 Å². The molecule has 0 aliphatic carbocycles. The molecule has 0 fully saturated rings. The van der Waals surface area contributed by atoms with Crippen LogP contribution in [0, 0.1) is 0 Å². The van der Waals surface area contributed by atoms with E-state index in [0.717, 1.165) is 12.2 Å². The van der Waals surface area contributed by atoms with Gasteiger partial charge in [0, 0.05) is 12.6 Å². The summed E-state index contributed by atoms with van der Waals surface area (Å²) in [5, 5.41) is 9.61. The zero-order valence-corrected chi connectivity index (χ0v) is 7.44. The monoisotopic (exact) mass is 169 g/mol. The third-order valence-corrected chi connectivity index (χ3v) is 1.89. The van der Waals surface area contributed by atoms with Crippen LogP contribution in [-0.4, -0.2) is 20.7 Å². The normalized spacial score (nSPS) is 16.0. The van der Waals surface area contributed by atoms with E-state index in [9.17, 15) is 5.11 Å². The Bertz CT molecular complexity index is 244. The molecule has 0 amide bonds. The second kappa shape index (κ2) is 3.69. The van der Waals surface area contributed by atoms with E-state index in [1.807, 2.05) is 11.5 Å². The molecule has 4 heteroatoms. The Morgan fingerprint density at radius 2 is 2.42 bits per heavy atom. The Hall–Kier alpha value is -0.870. The van der Waals surface area contributed by atoms with Crippen molar-refractivity contribution in [3.8, 4) is 0 Å². The Kier molecular flexibility index (Phi) is 2.83. The molecule has 0 radical (unpaired) electrons. The van der Waals surface area contributed by atoms with Gasteiger partial charge in [0.1, 0.15) is 6.10 Å². The van der Waals surface area contributed by atoms with Crippen molar-refractivity contribution in [2.75, 3.05) is 0 Å². The topological polar surface area (TPSA) is 64.1 Å². The molecule has 4 nitrogen and oxygen atoms in total. The Labute approximate surface area is 72.0 Å². The predicted molar refractivity (Wildman–Crippen MR) is 46.5 cm³/mol. The molecule has 68 valence electrons. The molecule has 0 saturated carbocycles. The average molecular weight is 169 g/mol. The number of aliphatic hydroxyl groups is 1. The van der Waals surface area contributed by atoms with Crippen molar-refractivity contribution < 1.29 is 5.11 Å². The van der Waals surface area contributed by atoms with E-state index in [-0.39, 0.29) is 6.04 Å². The summed E-state index contributed by atoms with van der Waals surface area (Å²) in [5.41, 5.74) is 6.34. The van der Waals surface area contributed by atoms with Gasteiger partial charge in [-0.05, 0) is 13.8 Å². The molecule has 0 aliphatic heterocycles. The molecular formula is C8H15N3O. The van der Waals surface area contributed by atoms with Crippen LogP contribution in [0.1, 0.15) is 25.6 Å². The van der Waals surface area contributed by atoms with E-state index in [4.69, 9.17) is 5.73 Å². The zero-order valence-electron chi connectivity index (χ0n) is 7.44. The van der Waals surface area contributed by atoms with E-state index in [0.29, 0.717) is 0 Å². The number of aryl methyl sites for hydroxylation is 1. The molecule has 1 rings (SSSR count). The number of nitrogens with zero attached hydrogens (tertiary/aromatic N) is 2. The average Bonchev–Trinajstić information content (AvgIpc) is 2.49. The van der Waals surface area contributed by atoms with Gasteiger partial charge in [0.2, 0.25) is 0 Å². The lowest BCUT2D eigenvalue weighted by atomic mass is 10.1. The highest BCUT2D eigenvalue weighted by Crippen LogP contribution is 2.14. The number of aliphatic hydroxyl groups excluding tert-OH is 1. The van der Waals surface area contributed by atoms with Crippen molar-refractivity contribution in [2.45, 2.75) is 32.5 Å². The largest absolute Gasteiger partial charge is 0.385 e. The minimum atomic E-state index is -0.618. The SMILES string of the molecule is CCn1cncc1C(O)C(C)N. The van der Waals surface area contributed by atoms with Crippen LogP contribution >= 0.6 is 0 Å². The van der Waals surface area contributed by atoms with E-state index < -0.39 is 6.10 Å². The Balaban J connectivity index is 2.86. The van der Waals surface area contributed by atoms with Crippen LogP contribution in [0.3, 0.4) is 0 Å². The van der Waals surface area contributed by atoms with Gasteiger partial charge in [-0.25, -0.2) is 4.98 Å². The minimum Gasteiger partial charge on any atom is -0.385 e. The molecule has 2 unspecified atom stereocenters. The lowest BCUT2D eigenvalue weighted by Gasteiger charge is -2.15. The number of nitrogens with two attached hydrogens (primary N) is 1. The van der Waals surface area contributed by atoms with Crippen LogP contribution in [0.15, 0.2) is 12.5 Å². The molecule has 2 atom stereocenters. The minimum absolute atomic E-state index is 0.257. The molecule has 1 aromatic heterocycles. The molecule has 1 heterocycles. The van der Waals surface area contributed by atoms with Crippen molar-refractivity contribution in [3.63, 3.8) is 0 Å². The summed E-state index contributed by atoms with van der Waals surface area (Å²) in [6, 6.07) is -0.257. The summed E-state index contributed by atoms with van der Waals surface area (Å²) in [6.07, 6.45) is 2.73. The summed E-state index contributed by atoms with van der Waals surface area (Å²) in [6.45, 7) is 4.58. The summed E-state index contributed by atoms with van der Waals surface area (Å²) < 4.78 is 1.88. The van der Waals surface area contributed by atoms with Gasteiger partial charge in [-0.3, -0.25) is 0 Å². The van der Waals surface area contributed by atoms with E-state index in [2.05, 4.69) is 4.98 Å². The highest BCUT2D eigenvalue weighted by atomic mass is 16.3. The van der Waals surface area contributed by atoms with Gasteiger partial charge < -0.3 is 15.4 Å². The Morgan fingerprint density at radius 3 is 2.92 bits per heavy atom. The van der Waals surface area contributed by atoms with Gasteiger partial charge in [-0.15, -0.1) is 0 Å². The van der Waals surface area contributed by atoms with Crippen LogP contribution in [-0.2, 0) is 6.54 Å². The van der Waals surface area contributed by atoms with Gasteiger partial charge in [-0.2, -0.15) is 0 Å². The van der Waals surface area contributed by atoms with Gasteiger partial charge in [0.15, 0.2) is 0 Å². The molecule has 0 spiro atoms. The van der Waals surface area contributed by atoms with Crippen molar-refractivity contribution in [1.29, 1.82) is 0 Å². The van der Waals surface area contributed by atoms with Crippen molar-refractivity contribution in [2.24, 2.45) is 5.73 Å². The fraction of sp³-hybridized carbons (Fsp3) is 0.625. The summed E-state index contributed by atoms with van der Waals surface area (Å²) in [5.74, 6) is 0. The summed E-state index contributed by atoms with van der Waals surface area (Å²) in [7, 11) is 0.